The number of hydrogen-bond acceptors (Lipinski definition) is 3. The SMILES string of the molecule is Cc1cccc(N(C)C(=O)C(N)C(=O)O)c1. The Morgan fingerprint density at radius 1 is 1.44 bits per heavy atom. The quantitative estimate of drug-likeness (QED) is 0.724. The van der Waals surface area contributed by atoms with E-state index in [9.17, 15) is 9.59 Å². The molecule has 0 bridgehead atoms. The molecule has 0 aliphatic rings. The average Bonchev–Trinajstić information content (AvgIpc) is 2.26. The fraction of sp³-hybridized carbons (Fsp3) is 0.273. The van der Waals surface area contributed by atoms with Gasteiger partial charge in [-0.2, -0.15) is 0 Å². The Hall–Kier alpha value is -1.88. The van der Waals surface area contributed by atoms with Gasteiger partial charge in [0.1, 0.15) is 0 Å². The molecular formula is C11H14N2O3. The smallest absolute Gasteiger partial charge is 0.330 e. The third-order valence-corrected chi connectivity index (χ3v) is 2.25. The number of nitrogens with zero attached hydrogens (tertiary/aromatic N) is 1. The molecule has 0 aromatic heterocycles. The number of carbonyl (C=O) groups is 2. The molecule has 3 N–H and O–H groups in total. The predicted octanol–water partition coefficient (Wildman–Crippen LogP) is 0.370. The Labute approximate surface area is 93.5 Å². The number of aliphatic carboxylic acids is 1. The van der Waals surface area contributed by atoms with Crippen molar-refractivity contribution in [3.05, 3.63) is 29.8 Å². The van der Waals surface area contributed by atoms with Crippen LogP contribution in [0.5, 0.6) is 0 Å². The number of likely N-dealkylation sites (N-methyl/N-ethyl adjacent to an activating group) is 1. The molecule has 0 spiro atoms. The van der Waals surface area contributed by atoms with Gasteiger partial charge in [-0.15, -0.1) is 0 Å². The summed E-state index contributed by atoms with van der Waals surface area (Å²) in [6.45, 7) is 1.89. The highest BCUT2D eigenvalue weighted by atomic mass is 16.4. The lowest BCUT2D eigenvalue weighted by atomic mass is 10.2. The van der Waals surface area contributed by atoms with Crippen LogP contribution in [0.1, 0.15) is 5.56 Å². The van der Waals surface area contributed by atoms with E-state index in [-0.39, 0.29) is 0 Å². The van der Waals surface area contributed by atoms with E-state index in [0.29, 0.717) is 5.69 Å². The highest BCUT2D eigenvalue weighted by molar-refractivity contribution is 6.08. The second-order valence-corrected chi connectivity index (χ2v) is 3.55. The fourth-order valence-corrected chi connectivity index (χ4v) is 1.28. The summed E-state index contributed by atoms with van der Waals surface area (Å²) in [5.74, 6) is -1.97. The largest absolute Gasteiger partial charge is 0.480 e. The van der Waals surface area contributed by atoms with Crippen LogP contribution in [0.2, 0.25) is 0 Å². The number of aryl methyl sites for hydroxylation is 1. The first kappa shape index (κ1) is 12.2. The van der Waals surface area contributed by atoms with Gasteiger partial charge in [0, 0.05) is 12.7 Å². The number of rotatable bonds is 3. The van der Waals surface area contributed by atoms with Crippen molar-refractivity contribution >= 4 is 17.6 Å². The highest BCUT2D eigenvalue weighted by Crippen LogP contribution is 2.14. The molecule has 1 aromatic carbocycles. The van der Waals surface area contributed by atoms with Gasteiger partial charge in [0.2, 0.25) is 0 Å². The summed E-state index contributed by atoms with van der Waals surface area (Å²) in [4.78, 5) is 23.4. The van der Waals surface area contributed by atoms with Gasteiger partial charge in [-0.25, -0.2) is 4.79 Å². The van der Waals surface area contributed by atoms with Crippen molar-refractivity contribution in [3.8, 4) is 0 Å². The molecule has 0 radical (unpaired) electrons. The van der Waals surface area contributed by atoms with Crippen molar-refractivity contribution in [2.75, 3.05) is 11.9 Å². The van der Waals surface area contributed by atoms with Gasteiger partial charge in [0.25, 0.3) is 5.91 Å². The highest BCUT2D eigenvalue weighted by Gasteiger charge is 2.25. The average molecular weight is 222 g/mol. The maximum absolute atomic E-state index is 11.6. The van der Waals surface area contributed by atoms with E-state index in [4.69, 9.17) is 10.8 Å². The molecule has 86 valence electrons. The van der Waals surface area contributed by atoms with Gasteiger partial charge in [0.15, 0.2) is 6.04 Å². The molecule has 0 saturated heterocycles. The van der Waals surface area contributed by atoms with Crippen LogP contribution in [-0.4, -0.2) is 30.1 Å². The Morgan fingerprint density at radius 2 is 2.06 bits per heavy atom. The minimum absolute atomic E-state index is 0.627. The van der Waals surface area contributed by atoms with Crippen molar-refractivity contribution < 1.29 is 14.7 Å². The van der Waals surface area contributed by atoms with Gasteiger partial charge in [-0.3, -0.25) is 4.79 Å². The molecule has 0 heterocycles. The molecule has 1 unspecified atom stereocenters. The summed E-state index contributed by atoms with van der Waals surface area (Å²) in [5, 5.41) is 8.63. The summed E-state index contributed by atoms with van der Waals surface area (Å²) >= 11 is 0. The van der Waals surface area contributed by atoms with E-state index >= 15 is 0 Å². The predicted molar refractivity (Wildman–Crippen MR) is 60.2 cm³/mol. The van der Waals surface area contributed by atoms with Gasteiger partial charge in [-0.1, -0.05) is 12.1 Å². The standard InChI is InChI=1S/C11H14N2O3/c1-7-4-3-5-8(6-7)13(2)10(14)9(12)11(15)16/h3-6,9H,12H2,1-2H3,(H,15,16). The number of benzene rings is 1. The second-order valence-electron chi connectivity index (χ2n) is 3.55. The summed E-state index contributed by atoms with van der Waals surface area (Å²) in [6, 6.07) is 5.66. The zero-order chi connectivity index (χ0) is 12.3. The molecule has 5 nitrogen and oxygen atoms in total. The lowest BCUT2D eigenvalue weighted by Gasteiger charge is -2.19. The van der Waals surface area contributed by atoms with E-state index in [1.165, 1.54) is 11.9 Å². The molecule has 1 rings (SSSR count). The van der Waals surface area contributed by atoms with E-state index in [1.807, 2.05) is 13.0 Å². The first-order valence-corrected chi connectivity index (χ1v) is 4.76. The minimum Gasteiger partial charge on any atom is -0.480 e. The van der Waals surface area contributed by atoms with Gasteiger partial charge < -0.3 is 15.7 Å². The lowest BCUT2D eigenvalue weighted by molar-refractivity contribution is -0.142. The number of hydrogen-bond donors (Lipinski definition) is 2. The molecule has 16 heavy (non-hydrogen) atoms. The van der Waals surface area contributed by atoms with Gasteiger partial charge >= 0.3 is 5.97 Å². The summed E-state index contributed by atoms with van der Waals surface area (Å²) < 4.78 is 0. The third kappa shape index (κ3) is 2.58. The van der Waals surface area contributed by atoms with E-state index < -0.39 is 17.9 Å². The maximum atomic E-state index is 11.6. The van der Waals surface area contributed by atoms with Crippen LogP contribution >= 0.6 is 0 Å². The molecule has 5 heteroatoms. The summed E-state index contributed by atoms with van der Waals surface area (Å²) in [5.41, 5.74) is 6.86. The van der Waals surface area contributed by atoms with Crippen molar-refractivity contribution in [2.45, 2.75) is 13.0 Å². The minimum atomic E-state index is -1.52. The molecule has 0 aliphatic heterocycles. The zero-order valence-corrected chi connectivity index (χ0v) is 9.18. The summed E-state index contributed by atoms with van der Waals surface area (Å²) in [6.07, 6.45) is 0. The second kappa shape index (κ2) is 4.76. The fourth-order valence-electron chi connectivity index (χ4n) is 1.28. The molecule has 0 saturated carbocycles. The number of anilines is 1. The van der Waals surface area contributed by atoms with Gasteiger partial charge in [0.05, 0.1) is 0 Å². The number of nitrogens with two attached hydrogens (primary N) is 1. The monoisotopic (exact) mass is 222 g/mol. The Bertz CT molecular complexity index is 417. The normalized spacial score (nSPS) is 11.9. The van der Waals surface area contributed by atoms with E-state index in [1.54, 1.807) is 18.2 Å². The topological polar surface area (TPSA) is 83.6 Å². The van der Waals surface area contributed by atoms with Crippen molar-refractivity contribution in [1.82, 2.24) is 0 Å². The van der Waals surface area contributed by atoms with Crippen LogP contribution in [0.3, 0.4) is 0 Å². The lowest BCUT2D eigenvalue weighted by Crippen LogP contribution is -2.46. The number of carbonyl (C=O) groups excluding carboxylic acids is 1. The van der Waals surface area contributed by atoms with Crippen molar-refractivity contribution in [1.29, 1.82) is 0 Å². The maximum Gasteiger partial charge on any atom is 0.330 e. The van der Waals surface area contributed by atoms with E-state index in [2.05, 4.69) is 0 Å². The van der Waals surface area contributed by atoms with Crippen LogP contribution in [0, 0.1) is 6.92 Å². The molecule has 1 atom stereocenters. The molecule has 1 amide bonds. The van der Waals surface area contributed by atoms with Crippen LogP contribution in [0.25, 0.3) is 0 Å². The van der Waals surface area contributed by atoms with Crippen LogP contribution in [0.15, 0.2) is 24.3 Å². The van der Waals surface area contributed by atoms with Crippen molar-refractivity contribution in [2.24, 2.45) is 5.73 Å². The van der Waals surface area contributed by atoms with Crippen LogP contribution < -0.4 is 10.6 Å². The Kier molecular flexibility index (Phi) is 3.63. The first-order valence-electron chi connectivity index (χ1n) is 4.76. The number of carboxylic acids is 1. The number of carboxylic acid groups (broad SMARTS) is 1. The number of amides is 1. The Balaban J connectivity index is 2.90. The molecule has 0 fully saturated rings. The van der Waals surface area contributed by atoms with Gasteiger partial charge in [-0.05, 0) is 24.6 Å². The molecular weight excluding hydrogens is 208 g/mol. The van der Waals surface area contributed by atoms with Crippen LogP contribution in [0.4, 0.5) is 5.69 Å². The third-order valence-electron chi connectivity index (χ3n) is 2.25. The first-order chi connectivity index (χ1) is 7.43. The molecule has 1 aromatic rings. The van der Waals surface area contributed by atoms with Crippen LogP contribution in [-0.2, 0) is 9.59 Å². The Morgan fingerprint density at radius 3 is 2.56 bits per heavy atom. The molecule has 0 aliphatic carbocycles. The summed E-state index contributed by atoms with van der Waals surface area (Å²) in [7, 11) is 1.50. The van der Waals surface area contributed by atoms with E-state index in [0.717, 1.165) is 5.56 Å². The van der Waals surface area contributed by atoms with Crippen molar-refractivity contribution in [3.63, 3.8) is 0 Å². The zero-order valence-electron chi connectivity index (χ0n) is 9.18.